The number of pyridine rings is 1. The first-order valence-corrected chi connectivity index (χ1v) is 9.89. The zero-order valence-electron chi connectivity index (χ0n) is 16.9. The summed E-state index contributed by atoms with van der Waals surface area (Å²) in [7, 11) is 0. The molecule has 8 heteroatoms. The van der Waals surface area contributed by atoms with Gasteiger partial charge in [0.15, 0.2) is 0 Å². The maximum Gasteiger partial charge on any atom is 0.250 e. The second kappa shape index (κ2) is 9.97. The van der Waals surface area contributed by atoms with Gasteiger partial charge < -0.3 is 25.3 Å². The quantitative estimate of drug-likeness (QED) is 0.593. The van der Waals surface area contributed by atoms with Crippen molar-refractivity contribution in [3.63, 3.8) is 0 Å². The Morgan fingerprint density at radius 1 is 1.31 bits per heavy atom. The van der Waals surface area contributed by atoms with Gasteiger partial charge in [-0.3, -0.25) is 4.79 Å². The molecular formula is C21H28N6O2. The van der Waals surface area contributed by atoms with Crippen LogP contribution in [0.4, 0.5) is 11.6 Å². The van der Waals surface area contributed by atoms with E-state index in [1.165, 1.54) is 6.21 Å². The average molecular weight is 396 g/mol. The van der Waals surface area contributed by atoms with Gasteiger partial charge in [-0.15, -0.1) is 0 Å². The summed E-state index contributed by atoms with van der Waals surface area (Å²) in [6.45, 7) is 6.31. The number of hydrogen-bond acceptors (Lipinski definition) is 7. The molecule has 3 rings (SSSR count). The molecule has 2 aromatic rings. The minimum atomic E-state index is -0.0264. The van der Waals surface area contributed by atoms with E-state index in [2.05, 4.69) is 34.4 Å². The van der Waals surface area contributed by atoms with E-state index >= 15 is 0 Å². The lowest BCUT2D eigenvalue weighted by Gasteiger charge is -2.22. The predicted octanol–water partition coefficient (Wildman–Crippen LogP) is 2.99. The molecule has 1 aliphatic rings. The minimum Gasteiger partial charge on any atom is -0.381 e. The summed E-state index contributed by atoms with van der Waals surface area (Å²) in [4.78, 5) is 20.7. The molecule has 0 amide bonds. The lowest BCUT2D eigenvalue weighted by Crippen LogP contribution is -2.28. The van der Waals surface area contributed by atoms with E-state index in [4.69, 9.17) is 10.1 Å². The fourth-order valence-electron chi connectivity index (χ4n) is 3.10. The van der Waals surface area contributed by atoms with Crippen LogP contribution in [-0.4, -0.2) is 40.0 Å². The van der Waals surface area contributed by atoms with Crippen LogP contribution in [0.5, 0.6) is 0 Å². The van der Waals surface area contributed by atoms with Crippen molar-refractivity contribution in [1.82, 2.24) is 14.5 Å². The second-order valence-corrected chi connectivity index (χ2v) is 7.52. The Morgan fingerprint density at radius 2 is 2.03 bits per heavy atom. The Kier molecular flexibility index (Phi) is 7.13. The minimum absolute atomic E-state index is 0.0264. The van der Waals surface area contributed by atoms with Crippen molar-refractivity contribution in [3.8, 4) is 0 Å². The summed E-state index contributed by atoms with van der Waals surface area (Å²) in [5, 5.41) is 14.2. The number of anilines is 2. The fourth-order valence-corrected chi connectivity index (χ4v) is 3.10. The average Bonchev–Trinajstić information content (AvgIpc) is 2.72. The van der Waals surface area contributed by atoms with Gasteiger partial charge in [-0.25, -0.2) is 9.97 Å². The van der Waals surface area contributed by atoms with Gasteiger partial charge in [0.2, 0.25) is 5.95 Å². The standard InChI is InChI=1S/C21H28N6O2/c1-15(2)13-27-14-19(3-4-20(27)28)23-10-16(9-22)17-11-24-21(25-12-17)26-18-5-7-29-8-6-18/h3-4,9-12,14-15,18,22-23H,5-8,13H2,1-2H3,(H,24,25,26)/b16-10+,22-9?. The van der Waals surface area contributed by atoms with Crippen molar-refractivity contribution >= 4 is 23.4 Å². The van der Waals surface area contributed by atoms with E-state index < -0.39 is 0 Å². The van der Waals surface area contributed by atoms with Crippen molar-refractivity contribution in [2.24, 2.45) is 5.92 Å². The number of aromatic nitrogens is 3. The van der Waals surface area contributed by atoms with Gasteiger partial charge in [-0.05, 0) is 24.8 Å². The molecule has 2 aromatic heterocycles. The largest absolute Gasteiger partial charge is 0.381 e. The molecular weight excluding hydrogens is 368 g/mol. The van der Waals surface area contributed by atoms with Gasteiger partial charge in [-0.1, -0.05) is 13.8 Å². The normalized spacial score (nSPS) is 15.3. The summed E-state index contributed by atoms with van der Waals surface area (Å²) in [6, 6.07) is 3.60. The van der Waals surface area contributed by atoms with Crippen LogP contribution in [0.3, 0.4) is 0 Å². The zero-order valence-corrected chi connectivity index (χ0v) is 16.9. The van der Waals surface area contributed by atoms with Gasteiger partial charge in [0.1, 0.15) is 0 Å². The Balaban J connectivity index is 1.68. The lowest BCUT2D eigenvalue weighted by atomic mass is 10.1. The van der Waals surface area contributed by atoms with Crippen LogP contribution >= 0.6 is 0 Å². The summed E-state index contributed by atoms with van der Waals surface area (Å²) in [5.74, 6) is 0.958. The molecule has 1 saturated heterocycles. The molecule has 0 bridgehead atoms. The van der Waals surface area contributed by atoms with Crippen molar-refractivity contribution < 1.29 is 4.74 Å². The molecule has 0 spiro atoms. The second-order valence-electron chi connectivity index (χ2n) is 7.52. The van der Waals surface area contributed by atoms with E-state index in [0.29, 0.717) is 30.0 Å². The summed E-state index contributed by atoms with van der Waals surface area (Å²) in [6.07, 6.45) is 10.1. The first-order valence-electron chi connectivity index (χ1n) is 9.89. The maximum atomic E-state index is 12.0. The predicted molar refractivity (Wildman–Crippen MR) is 115 cm³/mol. The molecule has 8 nitrogen and oxygen atoms in total. The van der Waals surface area contributed by atoms with Gasteiger partial charge >= 0.3 is 0 Å². The molecule has 0 aromatic carbocycles. The first kappa shape index (κ1) is 20.7. The number of hydrogen-bond donors (Lipinski definition) is 3. The Morgan fingerprint density at radius 3 is 2.69 bits per heavy atom. The highest BCUT2D eigenvalue weighted by molar-refractivity contribution is 6.08. The van der Waals surface area contributed by atoms with Crippen LogP contribution in [0.2, 0.25) is 0 Å². The van der Waals surface area contributed by atoms with Gasteiger partial charge in [0.05, 0.1) is 5.69 Å². The Labute approximate surface area is 170 Å². The van der Waals surface area contributed by atoms with Crippen molar-refractivity contribution in [2.75, 3.05) is 23.8 Å². The molecule has 0 atom stereocenters. The number of nitrogens with zero attached hydrogens (tertiary/aromatic N) is 3. The summed E-state index contributed by atoms with van der Waals surface area (Å²) in [5.41, 5.74) is 2.13. The lowest BCUT2D eigenvalue weighted by molar-refractivity contribution is 0.0903. The third-order valence-electron chi connectivity index (χ3n) is 4.63. The highest BCUT2D eigenvalue weighted by Crippen LogP contribution is 2.15. The van der Waals surface area contributed by atoms with Crippen LogP contribution in [0.25, 0.3) is 5.57 Å². The molecule has 1 fully saturated rings. The van der Waals surface area contributed by atoms with Gasteiger partial charge in [-0.2, -0.15) is 0 Å². The van der Waals surface area contributed by atoms with Crippen LogP contribution in [-0.2, 0) is 11.3 Å². The van der Waals surface area contributed by atoms with Crippen molar-refractivity contribution in [2.45, 2.75) is 39.3 Å². The molecule has 29 heavy (non-hydrogen) atoms. The topological polar surface area (TPSA) is 105 Å². The van der Waals surface area contributed by atoms with Crippen LogP contribution < -0.4 is 16.2 Å². The van der Waals surface area contributed by atoms with Gasteiger partial charge in [0.25, 0.3) is 5.56 Å². The zero-order chi connectivity index (χ0) is 20.6. The van der Waals surface area contributed by atoms with Crippen LogP contribution in [0.1, 0.15) is 32.3 Å². The van der Waals surface area contributed by atoms with E-state index in [1.807, 2.05) is 0 Å². The van der Waals surface area contributed by atoms with Crippen molar-refractivity contribution in [3.05, 3.63) is 52.8 Å². The molecule has 1 aliphatic heterocycles. The molecule has 0 radical (unpaired) electrons. The fraction of sp³-hybridized carbons (Fsp3) is 0.429. The van der Waals surface area contributed by atoms with Crippen LogP contribution in [0, 0.1) is 11.3 Å². The number of ether oxygens (including phenoxy) is 1. The third kappa shape index (κ3) is 5.99. The number of allylic oxidation sites excluding steroid dienone is 1. The van der Waals surface area contributed by atoms with E-state index in [9.17, 15) is 4.79 Å². The third-order valence-corrected chi connectivity index (χ3v) is 4.63. The van der Waals surface area contributed by atoms with E-state index in [0.717, 1.165) is 37.3 Å². The SMILES string of the molecule is CC(C)Cn1cc(N/C=C(\C=N)c2cnc(NC3CCOCC3)nc2)ccc1=O. The number of rotatable bonds is 8. The Bertz CT molecular complexity index is 898. The highest BCUT2D eigenvalue weighted by Gasteiger charge is 2.14. The van der Waals surface area contributed by atoms with E-state index in [-0.39, 0.29) is 5.56 Å². The Hall–Kier alpha value is -3.00. The monoisotopic (exact) mass is 396 g/mol. The first-order chi connectivity index (χ1) is 14.0. The smallest absolute Gasteiger partial charge is 0.250 e. The summed E-state index contributed by atoms with van der Waals surface area (Å²) < 4.78 is 7.04. The molecule has 0 saturated carbocycles. The number of nitrogens with one attached hydrogen (secondary N) is 3. The maximum absolute atomic E-state index is 12.0. The van der Waals surface area contributed by atoms with E-state index in [1.54, 1.807) is 41.5 Å². The molecule has 0 aliphatic carbocycles. The van der Waals surface area contributed by atoms with Crippen molar-refractivity contribution in [1.29, 1.82) is 5.41 Å². The molecule has 3 heterocycles. The highest BCUT2D eigenvalue weighted by atomic mass is 16.5. The molecule has 3 N–H and O–H groups in total. The van der Waals surface area contributed by atoms with Gasteiger partial charge in [0, 0.05) is 74.0 Å². The van der Waals surface area contributed by atoms with Crippen LogP contribution in [0.15, 0.2) is 41.7 Å². The summed E-state index contributed by atoms with van der Waals surface area (Å²) >= 11 is 0. The molecule has 0 unspecified atom stereocenters. The molecule has 154 valence electrons.